The van der Waals surface area contributed by atoms with E-state index in [-0.39, 0.29) is 44.4 Å². The van der Waals surface area contributed by atoms with Crippen LogP contribution >= 0.6 is 23.2 Å². The summed E-state index contributed by atoms with van der Waals surface area (Å²) in [6, 6.07) is 15.8. The molecule has 37 heavy (non-hydrogen) atoms. The lowest BCUT2D eigenvalue weighted by Crippen LogP contribution is -2.35. The van der Waals surface area contributed by atoms with Crippen molar-refractivity contribution in [3.63, 3.8) is 0 Å². The second kappa shape index (κ2) is 10.7. The predicted molar refractivity (Wildman–Crippen MR) is 138 cm³/mol. The van der Waals surface area contributed by atoms with E-state index in [1.165, 1.54) is 41.2 Å². The average molecular weight is 540 g/mol. The highest BCUT2D eigenvalue weighted by Gasteiger charge is 2.24. The summed E-state index contributed by atoms with van der Waals surface area (Å²) < 4.78 is 21.1. The van der Waals surface area contributed by atoms with Crippen LogP contribution in [0.4, 0.5) is 10.2 Å². The van der Waals surface area contributed by atoms with Crippen LogP contribution in [0, 0.1) is 5.82 Å². The zero-order chi connectivity index (χ0) is 25.9. The maximum absolute atomic E-state index is 14.4. The minimum Gasteiger partial charge on any atom is -0.379 e. The molecule has 1 fully saturated rings. The fourth-order valence-electron chi connectivity index (χ4n) is 3.93. The van der Waals surface area contributed by atoms with Gasteiger partial charge in [0.15, 0.2) is 5.69 Å². The van der Waals surface area contributed by atoms with E-state index in [0.29, 0.717) is 25.3 Å². The van der Waals surface area contributed by atoms with Gasteiger partial charge in [-0.1, -0.05) is 41.4 Å². The number of rotatable bonds is 6. The number of ether oxygens (including phenoxy) is 1. The summed E-state index contributed by atoms with van der Waals surface area (Å²) in [5, 5.41) is 10.3. The van der Waals surface area contributed by atoms with Crippen LogP contribution in [0.25, 0.3) is 16.9 Å². The van der Waals surface area contributed by atoms with Gasteiger partial charge in [-0.3, -0.25) is 14.6 Å². The molecule has 8 nitrogen and oxygen atoms in total. The Morgan fingerprint density at radius 1 is 1.03 bits per heavy atom. The first-order valence-corrected chi connectivity index (χ1v) is 12.1. The molecular weight excluding hydrogens is 520 g/mol. The van der Waals surface area contributed by atoms with Crippen LogP contribution in [0.5, 0.6) is 0 Å². The molecule has 1 aliphatic rings. The van der Waals surface area contributed by atoms with E-state index in [1.54, 1.807) is 12.1 Å². The summed E-state index contributed by atoms with van der Waals surface area (Å²) in [7, 11) is 0. The van der Waals surface area contributed by atoms with Gasteiger partial charge in [0.05, 0.1) is 33.9 Å². The van der Waals surface area contributed by atoms with Gasteiger partial charge in [-0.25, -0.2) is 9.07 Å². The molecule has 4 aromatic rings. The monoisotopic (exact) mass is 539 g/mol. The first-order chi connectivity index (χ1) is 17.9. The molecule has 188 valence electrons. The Kier molecular flexibility index (Phi) is 7.18. The number of para-hydroxylation sites is 1. The van der Waals surface area contributed by atoms with Crippen LogP contribution < -0.4 is 10.6 Å². The number of amides is 2. The van der Waals surface area contributed by atoms with Crippen LogP contribution in [-0.2, 0) is 4.74 Å². The summed E-state index contributed by atoms with van der Waals surface area (Å²) in [6.07, 6.45) is 2.13. The number of pyridine rings is 1. The fraction of sp³-hybridized carbons (Fsp3) is 0.154. The summed E-state index contributed by atoms with van der Waals surface area (Å²) in [5.41, 5.74) is 0.983. The van der Waals surface area contributed by atoms with Crippen molar-refractivity contribution in [3.05, 3.63) is 94.0 Å². The smallest absolute Gasteiger partial charge is 0.272 e. The number of carbonyl (C=O) groups is 2. The van der Waals surface area contributed by atoms with Crippen LogP contribution in [0.3, 0.4) is 0 Å². The second-order valence-electron chi connectivity index (χ2n) is 8.30. The number of nitrogens with zero attached hydrogens (tertiary/aromatic N) is 3. The van der Waals surface area contributed by atoms with Crippen molar-refractivity contribution in [1.29, 1.82) is 0 Å². The molecule has 2 amide bonds. The van der Waals surface area contributed by atoms with Crippen molar-refractivity contribution in [2.45, 2.75) is 12.5 Å². The molecule has 0 spiro atoms. The van der Waals surface area contributed by atoms with E-state index in [1.807, 2.05) is 18.2 Å². The molecule has 2 N–H and O–H groups in total. The fourth-order valence-corrected chi connectivity index (χ4v) is 4.49. The Hall–Kier alpha value is -3.79. The van der Waals surface area contributed by atoms with E-state index >= 15 is 0 Å². The SMILES string of the molecule is O=C(N[C@H]1CCOC1)c1cc(NC(=O)c2cc(-c3ncccc3F)c(Cl)cc2Cl)n(-c2ccccc2)n1. The number of halogens is 3. The standard InChI is InChI=1S/C26H20Cl2FN5O3/c27-19-12-20(28)18(11-17(19)24-21(29)7-4-9-30-24)25(35)32-23-13-22(26(36)31-15-8-10-37-14-15)33-34(23)16-5-2-1-3-6-16/h1-7,9,11-13,15H,8,10,14H2,(H,31,36)(H,32,35)/t15-/m0/s1. The van der Waals surface area contributed by atoms with Crippen molar-refractivity contribution in [1.82, 2.24) is 20.1 Å². The van der Waals surface area contributed by atoms with E-state index in [0.717, 1.165) is 0 Å². The molecule has 3 heterocycles. The van der Waals surface area contributed by atoms with Crippen LogP contribution in [-0.4, -0.2) is 45.8 Å². The highest BCUT2D eigenvalue weighted by Crippen LogP contribution is 2.33. The van der Waals surface area contributed by atoms with Crippen molar-refractivity contribution in [2.24, 2.45) is 0 Å². The summed E-state index contributed by atoms with van der Waals surface area (Å²) in [5.74, 6) is -1.35. The van der Waals surface area contributed by atoms with Gasteiger partial charge >= 0.3 is 0 Å². The maximum atomic E-state index is 14.4. The van der Waals surface area contributed by atoms with Crippen molar-refractivity contribution in [3.8, 4) is 16.9 Å². The molecular formula is C26H20Cl2FN5O3. The van der Waals surface area contributed by atoms with Crippen molar-refractivity contribution >= 4 is 40.8 Å². The third kappa shape index (κ3) is 5.34. The molecule has 11 heteroatoms. The Balaban J connectivity index is 1.49. The van der Waals surface area contributed by atoms with Gasteiger partial charge in [0, 0.05) is 24.4 Å². The Labute approximate surface area is 221 Å². The van der Waals surface area contributed by atoms with Gasteiger partial charge in [-0.15, -0.1) is 0 Å². The predicted octanol–water partition coefficient (Wildman–Crippen LogP) is 5.15. The molecule has 0 aliphatic carbocycles. The molecule has 1 saturated heterocycles. The average Bonchev–Trinajstić information content (AvgIpc) is 3.55. The Morgan fingerprint density at radius 2 is 1.84 bits per heavy atom. The van der Waals surface area contributed by atoms with Gasteiger partial charge < -0.3 is 15.4 Å². The molecule has 0 saturated carbocycles. The third-order valence-electron chi connectivity index (χ3n) is 5.76. The summed E-state index contributed by atoms with van der Waals surface area (Å²) in [4.78, 5) is 30.2. The second-order valence-corrected chi connectivity index (χ2v) is 9.11. The van der Waals surface area contributed by atoms with E-state index < -0.39 is 17.6 Å². The minimum absolute atomic E-state index is 0.0117. The largest absolute Gasteiger partial charge is 0.379 e. The molecule has 0 unspecified atom stereocenters. The van der Waals surface area contributed by atoms with E-state index in [9.17, 15) is 14.0 Å². The number of carbonyl (C=O) groups excluding carboxylic acids is 2. The zero-order valence-electron chi connectivity index (χ0n) is 19.2. The minimum atomic E-state index is -0.604. The van der Waals surface area contributed by atoms with Crippen LogP contribution in [0.15, 0.2) is 66.9 Å². The van der Waals surface area contributed by atoms with Crippen molar-refractivity contribution in [2.75, 3.05) is 18.5 Å². The summed E-state index contributed by atoms with van der Waals surface area (Å²) in [6.45, 7) is 1.01. The topological polar surface area (TPSA) is 98.1 Å². The van der Waals surface area contributed by atoms with Crippen LogP contribution in [0.2, 0.25) is 10.0 Å². The normalized spacial score (nSPS) is 14.9. The van der Waals surface area contributed by atoms with Gasteiger partial charge in [-0.05, 0) is 42.8 Å². The highest BCUT2D eigenvalue weighted by atomic mass is 35.5. The molecule has 2 aromatic carbocycles. The van der Waals surface area contributed by atoms with Gasteiger partial charge in [-0.2, -0.15) is 5.10 Å². The van der Waals surface area contributed by atoms with E-state index in [4.69, 9.17) is 27.9 Å². The highest BCUT2D eigenvalue weighted by molar-refractivity contribution is 6.38. The quantitative estimate of drug-likeness (QED) is 0.353. The van der Waals surface area contributed by atoms with Crippen molar-refractivity contribution < 1.29 is 18.7 Å². The number of benzene rings is 2. The Morgan fingerprint density at radius 3 is 2.57 bits per heavy atom. The summed E-state index contributed by atoms with van der Waals surface area (Å²) >= 11 is 12.6. The molecule has 1 aliphatic heterocycles. The molecule has 0 radical (unpaired) electrons. The number of aromatic nitrogens is 3. The first-order valence-electron chi connectivity index (χ1n) is 11.4. The number of hydrogen-bond donors (Lipinski definition) is 2. The number of anilines is 1. The molecule has 0 bridgehead atoms. The first kappa shape index (κ1) is 24.9. The molecule has 1 atom stereocenters. The van der Waals surface area contributed by atoms with E-state index in [2.05, 4.69) is 20.7 Å². The Bertz CT molecular complexity index is 1470. The van der Waals surface area contributed by atoms with Crippen LogP contribution in [0.1, 0.15) is 27.3 Å². The maximum Gasteiger partial charge on any atom is 0.272 e. The number of hydrogen-bond acceptors (Lipinski definition) is 5. The number of nitrogens with one attached hydrogen (secondary N) is 2. The third-order valence-corrected chi connectivity index (χ3v) is 6.39. The lowest BCUT2D eigenvalue weighted by molar-refractivity contribution is 0.0923. The molecule has 5 rings (SSSR count). The molecule has 2 aromatic heterocycles. The lowest BCUT2D eigenvalue weighted by Gasteiger charge is -2.12. The van der Waals surface area contributed by atoms with Gasteiger partial charge in [0.2, 0.25) is 0 Å². The zero-order valence-corrected chi connectivity index (χ0v) is 20.8. The lowest BCUT2D eigenvalue weighted by atomic mass is 10.1. The van der Waals surface area contributed by atoms with Gasteiger partial charge in [0.25, 0.3) is 11.8 Å². The van der Waals surface area contributed by atoms with Gasteiger partial charge in [0.1, 0.15) is 17.3 Å².